The summed E-state index contributed by atoms with van der Waals surface area (Å²) in [5.41, 5.74) is 5.74. The summed E-state index contributed by atoms with van der Waals surface area (Å²) >= 11 is 5.35. The summed E-state index contributed by atoms with van der Waals surface area (Å²) in [5, 5.41) is 10.7. The Kier molecular flexibility index (Phi) is 3.26. The van der Waals surface area contributed by atoms with Crippen molar-refractivity contribution in [2.45, 2.75) is 6.92 Å². The first kappa shape index (κ1) is 11.5. The van der Waals surface area contributed by atoms with Crippen LogP contribution in [0.15, 0.2) is 12.1 Å². The second kappa shape index (κ2) is 4.27. The Hall–Kier alpha value is -1.62. The van der Waals surface area contributed by atoms with E-state index in [1.54, 1.807) is 6.92 Å². The maximum absolute atomic E-state index is 11.4. The molecule has 0 fully saturated rings. The number of Topliss-reactive ketones (excluding diaryl/α,β-unsaturated/α-hetero) is 1. The van der Waals surface area contributed by atoms with Crippen molar-refractivity contribution in [1.29, 1.82) is 0 Å². The Morgan fingerprint density at radius 3 is 2.67 bits per heavy atom. The molecule has 1 aromatic rings. The van der Waals surface area contributed by atoms with Crippen molar-refractivity contribution >= 4 is 28.8 Å². The standard InChI is InChI=1S/C9H9ClN2O3/c1-5-2-6(8(13)4-10)9(12(14)15)7(11)3-5/h2-3H,4,11H2,1H3. The Morgan fingerprint density at radius 2 is 2.20 bits per heavy atom. The fraction of sp³-hybridized carbons (Fsp3) is 0.222. The molecular weight excluding hydrogens is 220 g/mol. The molecule has 0 bridgehead atoms. The van der Waals surface area contributed by atoms with E-state index in [9.17, 15) is 14.9 Å². The van der Waals surface area contributed by atoms with E-state index in [-0.39, 0.29) is 22.8 Å². The lowest BCUT2D eigenvalue weighted by Crippen LogP contribution is -2.08. The summed E-state index contributed by atoms with van der Waals surface area (Å²) in [6.45, 7) is 1.70. The quantitative estimate of drug-likeness (QED) is 0.281. The molecule has 1 rings (SSSR count). The minimum atomic E-state index is -0.672. The van der Waals surface area contributed by atoms with Crippen LogP contribution >= 0.6 is 11.6 Å². The minimum absolute atomic E-state index is 0.0199. The molecule has 15 heavy (non-hydrogen) atoms. The van der Waals surface area contributed by atoms with Crippen molar-refractivity contribution in [1.82, 2.24) is 0 Å². The Morgan fingerprint density at radius 1 is 1.60 bits per heavy atom. The van der Waals surface area contributed by atoms with Gasteiger partial charge in [-0.1, -0.05) is 0 Å². The van der Waals surface area contributed by atoms with Gasteiger partial charge in [0.1, 0.15) is 5.69 Å². The lowest BCUT2D eigenvalue weighted by atomic mass is 10.0. The van der Waals surface area contributed by atoms with Gasteiger partial charge in [0, 0.05) is 0 Å². The van der Waals surface area contributed by atoms with Crippen LogP contribution in [0.3, 0.4) is 0 Å². The molecular formula is C9H9ClN2O3. The monoisotopic (exact) mass is 228 g/mol. The molecule has 80 valence electrons. The largest absolute Gasteiger partial charge is 0.393 e. The first-order valence-corrected chi connectivity index (χ1v) is 4.64. The summed E-state index contributed by atoms with van der Waals surface area (Å²) in [6.07, 6.45) is 0. The number of alkyl halides is 1. The van der Waals surface area contributed by atoms with Gasteiger partial charge in [0.15, 0.2) is 5.78 Å². The second-order valence-corrected chi connectivity index (χ2v) is 3.33. The number of benzene rings is 1. The molecule has 2 N–H and O–H groups in total. The Bertz CT molecular complexity index is 432. The predicted octanol–water partition coefficient (Wildman–Crippen LogP) is 1.91. The molecule has 0 spiro atoms. The lowest BCUT2D eigenvalue weighted by molar-refractivity contribution is -0.384. The van der Waals surface area contributed by atoms with Gasteiger partial charge in [-0.2, -0.15) is 0 Å². The molecule has 0 saturated carbocycles. The number of anilines is 1. The molecule has 0 radical (unpaired) electrons. The molecule has 0 atom stereocenters. The summed E-state index contributed by atoms with van der Waals surface area (Å²) in [7, 11) is 0. The fourth-order valence-corrected chi connectivity index (χ4v) is 1.44. The minimum Gasteiger partial charge on any atom is -0.393 e. The molecule has 0 amide bonds. The molecule has 6 heteroatoms. The topological polar surface area (TPSA) is 86.2 Å². The van der Waals surface area contributed by atoms with Crippen LogP contribution in [0.1, 0.15) is 15.9 Å². The van der Waals surface area contributed by atoms with Crippen molar-refractivity contribution in [2.75, 3.05) is 11.6 Å². The van der Waals surface area contributed by atoms with E-state index >= 15 is 0 Å². The number of nitro benzene ring substituents is 1. The molecule has 0 saturated heterocycles. The van der Waals surface area contributed by atoms with E-state index in [2.05, 4.69) is 0 Å². The normalized spacial score (nSPS) is 10.0. The van der Waals surface area contributed by atoms with Gasteiger partial charge >= 0.3 is 5.69 Å². The van der Waals surface area contributed by atoms with E-state index in [1.807, 2.05) is 0 Å². The third kappa shape index (κ3) is 2.24. The van der Waals surface area contributed by atoms with E-state index in [4.69, 9.17) is 17.3 Å². The number of rotatable bonds is 3. The van der Waals surface area contributed by atoms with Gasteiger partial charge in [0.25, 0.3) is 0 Å². The van der Waals surface area contributed by atoms with Crippen molar-refractivity contribution in [2.24, 2.45) is 0 Å². The summed E-state index contributed by atoms with van der Waals surface area (Å²) in [4.78, 5) is 21.4. The highest BCUT2D eigenvalue weighted by molar-refractivity contribution is 6.31. The summed E-state index contributed by atoms with van der Waals surface area (Å²) in [5.74, 6) is -0.803. The van der Waals surface area contributed by atoms with Crippen molar-refractivity contribution in [3.05, 3.63) is 33.4 Å². The van der Waals surface area contributed by atoms with E-state index in [0.717, 1.165) is 0 Å². The van der Waals surface area contributed by atoms with Crippen LogP contribution in [-0.2, 0) is 0 Å². The third-order valence-electron chi connectivity index (χ3n) is 1.89. The van der Waals surface area contributed by atoms with Gasteiger partial charge in [-0.25, -0.2) is 0 Å². The first-order chi connectivity index (χ1) is 6.97. The lowest BCUT2D eigenvalue weighted by Gasteiger charge is -2.04. The third-order valence-corrected chi connectivity index (χ3v) is 2.13. The Balaban J connectivity index is 3.46. The number of carbonyl (C=O) groups is 1. The number of aryl methyl sites for hydroxylation is 1. The molecule has 0 aliphatic carbocycles. The maximum Gasteiger partial charge on any atom is 0.302 e. The van der Waals surface area contributed by atoms with Crippen LogP contribution in [0.25, 0.3) is 0 Å². The summed E-state index contributed by atoms with van der Waals surface area (Å²) in [6, 6.07) is 2.86. The average Bonchev–Trinajstić information content (AvgIpc) is 2.14. The highest BCUT2D eigenvalue weighted by Crippen LogP contribution is 2.28. The van der Waals surface area contributed by atoms with Crippen LogP contribution in [-0.4, -0.2) is 16.6 Å². The number of hydrogen-bond acceptors (Lipinski definition) is 4. The Labute approximate surface area is 91.0 Å². The predicted molar refractivity (Wildman–Crippen MR) is 57.3 cm³/mol. The van der Waals surface area contributed by atoms with Crippen molar-refractivity contribution < 1.29 is 9.72 Å². The number of halogens is 1. The van der Waals surface area contributed by atoms with Crippen LogP contribution < -0.4 is 5.73 Å². The smallest absolute Gasteiger partial charge is 0.302 e. The number of ketones is 1. The van der Waals surface area contributed by atoms with Crippen LogP contribution in [0, 0.1) is 17.0 Å². The average molecular weight is 229 g/mol. The fourth-order valence-electron chi connectivity index (χ4n) is 1.30. The van der Waals surface area contributed by atoms with E-state index < -0.39 is 10.7 Å². The zero-order valence-corrected chi connectivity index (χ0v) is 8.75. The molecule has 0 aliphatic heterocycles. The SMILES string of the molecule is Cc1cc(N)c([N+](=O)[O-])c(C(=O)CCl)c1. The van der Waals surface area contributed by atoms with Gasteiger partial charge in [-0.3, -0.25) is 14.9 Å². The molecule has 0 aromatic heterocycles. The summed E-state index contributed by atoms with van der Waals surface area (Å²) < 4.78 is 0. The number of nitrogen functional groups attached to an aromatic ring is 1. The zero-order chi connectivity index (χ0) is 11.6. The second-order valence-electron chi connectivity index (χ2n) is 3.06. The molecule has 0 heterocycles. The van der Waals surface area contributed by atoms with Gasteiger partial charge in [-0.15, -0.1) is 11.6 Å². The first-order valence-electron chi connectivity index (χ1n) is 4.11. The van der Waals surface area contributed by atoms with Gasteiger partial charge in [0.2, 0.25) is 0 Å². The maximum atomic E-state index is 11.4. The molecule has 0 aliphatic rings. The number of nitrogens with zero attached hydrogens (tertiary/aromatic N) is 1. The zero-order valence-electron chi connectivity index (χ0n) is 7.99. The van der Waals surface area contributed by atoms with Crippen LogP contribution in [0.2, 0.25) is 0 Å². The van der Waals surface area contributed by atoms with Gasteiger partial charge in [-0.05, 0) is 24.6 Å². The van der Waals surface area contributed by atoms with E-state index in [1.165, 1.54) is 12.1 Å². The van der Waals surface area contributed by atoms with Crippen molar-refractivity contribution in [3.63, 3.8) is 0 Å². The van der Waals surface area contributed by atoms with Gasteiger partial charge < -0.3 is 5.73 Å². The molecule has 1 aromatic carbocycles. The van der Waals surface area contributed by atoms with E-state index in [0.29, 0.717) is 5.56 Å². The van der Waals surface area contributed by atoms with Gasteiger partial charge in [0.05, 0.1) is 16.4 Å². The number of nitro groups is 1. The number of hydrogen-bond donors (Lipinski definition) is 1. The van der Waals surface area contributed by atoms with Crippen molar-refractivity contribution in [3.8, 4) is 0 Å². The number of nitrogens with two attached hydrogens (primary N) is 1. The highest BCUT2D eigenvalue weighted by atomic mass is 35.5. The highest BCUT2D eigenvalue weighted by Gasteiger charge is 2.23. The molecule has 5 nitrogen and oxygen atoms in total. The number of carbonyl (C=O) groups excluding carboxylic acids is 1. The molecule has 0 unspecified atom stereocenters. The van der Waals surface area contributed by atoms with Crippen LogP contribution in [0.4, 0.5) is 11.4 Å². The van der Waals surface area contributed by atoms with Crippen LogP contribution in [0.5, 0.6) is 0 Å².